The lowest BCUT2D eigenvalue weighted by molar-refractivity contribution is 0.150. The zero-order chi connectivity index (χ0) is 10.5. The van der Waals surface area contributed by atoms with Crippen LogP contribution in [0.3, 0.4) is 0 Å². The molecule has 1 aromatic carbocycles. The summed E-state index contributed by atoms with van der Waals surface area (Å²) in [5.74, 6) is 0.327. The summed E-state index contributed by atoms with van der Waals surface area (Å²) < 4.78 is 0. The molecule has 0 aliphatic heterocycles. The van der Waals surface area contributed by atoms with E-state index in [2.05, 4.69) is 0 Å². The molecule has 76 valence electrons. The number of rotatable bonds is 1. The van der Waals surface area contributed by atoms with Crippen LogP contribution in [0.2, 0.25) is 0 Å². The molecule has 2 N–H and O–H groups in total. The molecule has 1 aromatic rings. The van der Waals surface area contributed by atoms with E-state index in [1.165, 1.54) is 0 Å². The first-order valence-electron chi connectivity index (χ1n) is 4.98. The van der Waals surface area contributed by atoms with Gasteiger partial charge in [0.05, 0.1) is 5.60 Å². The number of aryl methyl sites for hydroxylation is 1. The summed E-state index contributed by atoms with van der Waals surface area (Å²) in [4.78, 5) is 0. The number of hydrogen-bond acceptors (Lipinski definition) is 2. The highest BCUT2D eigenvalue weighted by molar-refractivity contribution is 5.51. The van der Waals surface area contributed by atoms with E-state index in [1.807, 2.05) is 20.8 Å². The van der Waals surface area contributed by atoms with Crippen molar-refractivity contribution in [1.82, 2.24) is 0 Å². The number of aromatic hydroxyl groups is 1. The molecule has 0 saturated heterocycles. The molecule has 1 aliphatic carbocycles. The van der Waals surface area contributed by atoms with Gasteiger partial charge in [-0.05, 0) is 61.9 Å². The van der Waals surface area contributed by atoms with Crippen LogP contribution in [-0.2, 0) is 5.60 Å². The van der Waals surface area contributed by atoms with Gasteiger partial charge in [0.15, 0.2) is 0 Å². The quantitative estimate of drug-likeness (QED) is 0.716. The standard InChI is InChI=1S/C12H16O2/c1-7-6-10(13)8(2)9(3)11(7)12(14)4-5-12/h6,13-14H,4-5H2,1-3H3. The Morgan fingerprint density at radius 2 is 1.71 bits per heavy atom. The lowest BCUT2D eigenvalue weighted by Gasteiger charge is -2.18. The van der Waals surface area contributed by atoms with Gasteiger partial charge in [0.2, 0.25) is 0 Å². The Labute approximate surface area is 84.2 Å². The van der Waals surface area contributed by atoms with Crippen LogP contribution in [0.25, 0.3) is 0 Å². The molecule has 14 heavy (non-hydrogen) atoms. The maximum Gasteiger partial charge on any atom is 0.119 e. The van der Waals surface area contributed by atoms with Gasteiger partial charge in [-0.15, -0.1) is 0 Å². The van der Waals surface area contributed by atoms with Crippen LogP contribution in [0.4, 0.5) is 0 Å². The van der Waals surface area contributed by atoms with E-state index in [0.717, 1.165) is 35.1 Å². The molecule has 1 saturated carbocycles. The maximum absolute atomic E-state index is 10.1. The minimum atomic E-state index is -0.605. The average Bonchev–Trinajstić information content (AvgIpc) is 2.80. The van der Waals surface area contributed by atoms with Gasteiger partial charge in [-0.2, -0.15) is 0 Å². The zero-order valence-electron chi connectivity index (χ0n) is 8.89. The highest BCUT2D eigenvalue weighted by Gasteiger charge is 2.44. The first-order valence-corrected chi connectivity index (χ1v) is 4.98. The number of aliphatic hydroxyl groups is 1. The van der Waals surface area contributed by atoms with Crippen LogP contribution in [0.5, 0.6) is 5.75 Å². The van der Waals surface area contributed by atoms with E-state index in [0.29, 0.717) is 5.75 Å². The molecule has 0 spiro atoms. The molecule has 0 unspecified atom stereocenters. The molecule has 2 rings (SSSR count). The Hall–Kier alpha value is -1.02. The van der Waals surface area contributed by atoms with Crippen molar-refractivity contribution in [2.24, 2.45) is 0 Å². The molecular formula is C12H16O2. The normalized spacial score (nSPS) is 18.3. The minimum absolute atomic E-state index is 0.327. The van der Waals surface area contributed by atoms with Gasteiger partial charge < -0.3 is 10.2 Å². The monoisotopic (exact) mass is 192 g/mol. The Morgan fingerprint density at radius 1 is 1.14 bits per heavy atom. The van der Waals surface area contributed by atoms with Crippen molar-refractivity contribution in [2.75, 3.05) is 0 Å². The molecule has 0 amide bonds. The maximum atomic E-state index is 10.1. The summed E-state index contributed by atoms with van der Waals surface area (Å²) in [5.41, 5.74) is 3.32. The summed E-state index contributed by atoms with van der Waals surface area (Å²) in [6.45, 7) is 5.80. The summed E-state index contributed by atoms with van der Waals surface area (Å²) in [6.07, 6.45) is 1.69. The van der Waals surface area contributed by atoms with Crippen LogP contribution >= 0.6 is 0 Å². The fourth-order valence-corrected chi connectivity index (χ4v) is 2.15. The second kappa shape index (κ2) is 2.74. The van der Waals surface area contributed by atoms with E-state index >= 15 is 0 Å². The smallest absolute Gasteiger partial charge is 0.119 e. The van der Waals surface area contributed by atoms with E-state index in [9.17, 15) is 10.2 Å². The fraction of sp³-hybridized carbons (Fsp3) is 0.500. The van der Waals surface area contributed by atoms with Gasteiger partial charge in [0.25, 0.3) is 0 Å². The second-order valence-electron chi connectivity index (χ2n) is 4.37. The Morgan fingerprint density at radius 3 is 2.21 bits per heavy atom. The topological polar surface area (TPSA) is 40.5 Å². The van der Waals surface area contributed by atoms with Gasteiger partial charge >= 0.3 is 0 Å². The second-order valence-corrected chi connectivity index (χ2v) is 4.37. The van der Waals surface area contributed by atoms with Crippen LogP contribution in [-0.4, -0.2) is 10.2 Å². The molecule has 0 atom stereocenters. The molecule has 0 heterocycles. The Bertz CT molecular complexity index is 390. The van der Waals surface area contributed by atoms with E-state index in [4.69, 9.17) is 0 Å². The molecule has 0 bridgehead atoms. The third-order valence-electron chi connectivity index (χ3n) is 3.26. The van der Waals surface area contributed by atoms with Crippen LogP contribution in [0.1, 0.15) is 35.1 Å². The molecule has 0 radical (unpaired) electrons. The van der Waals surface area contributed by atoms with Crippen molar-refractivity contribution < 1.29 is 10.2 Å². The Balaban J connectivity index is 2.65. The molecule has 1 aliphatic rings. The molecule has 1 fully saturated rings. The fourth-order valence-electron chi connectivity index (χ4n) is 2.15. The lowest BCUT2D eigenvalue weighted by Crippen LogP contribution is -2.10. The van der Waals surface area contributed by atoms with Crippen molar-refractivity contribution in [1.29, 1.82) is 0 Å². The molecular weight excluding hydrogens is 176 g/mol. The highest BCUT2D eigenvalue weighted by Crippen LogP contribution is 2.49. The predicted octanol–water partition coefficient (Wildman–Crippen LogP) is 2.30. The van der Waals surface area contributed by atoms with E-state index < -0.39 is 5.60 Å². The van der Waals surface area contributed by atoms with Crippen molar-refractivity contribution in [2.45, 2.75) is 39.2 Å². The molecule has 2 nitrogen and oxygen atoms in total. The zero-order valence-corrected chi connectivity index (χ0v) is 8.89. The van der Waals surface area contributed by atoms with Crippen LogP contribution < -0.4 is 0 Å². The largest absolute Gasteiger partial charge is 0.508 e. The lowest BCUT2D eigenvalue weighted by atomic mass is 9.92. The molecule has 2 heteroatoms. The van der Waals surface area contributed by atoms with Crippen molar-refractivity contribution in [3.8, 4) is 5.75 Å². The first-order chi connectivity index (χ1) is 6.46. The summed E-state index contributed by atoms with van der Waals surface area (Å²) in [5, 5.41) is 19.7. The van der Waals surface area contributed by atoms with E-state index in [1.54, 1.807) is 6.07 Å². The van der Waals surface area contributed by atoms with Gasteiger partial charge in [-0.25, -0.2) is 0 Å². The summed E-state index contributed by atoms with van der Waals surface area (Å²) in [7, 11) is 0. The summed E-state index contributed by atoms with van der Waals surface area (Å²) >= 11 is 0. The number of hydrogen-bond donors (Lipinski definition) is 2. The number of phenols is 1. The van der Waals surface area contributed by atoms with Crippen molar-refractivity contribution in [3.05, 3.63) is 28.3 Å². The van der Waals surface area contributed by atoms with Crippen LogP contribution in [0.15, 0.2) is 6.07 Å². The van der Waals surface area contributed by atoms with Gasteiger partial charge in [0.1, 0.15) is 5.75 Å². The number of benzene rings is 1. The SMILES string of the molecule is Cc1cc(O)c(C)c(C)c1C1(O)CC1. The summed E-state index contributed by atoms with van der Waals surface area (Å²) in [6, 6.07) is 1.74. The van der Waals surface area contributed by atoms with Gasteiger partial charge in [-0.3, -0.25) is 0 Å². The van der Waals surface area contributed by atoms with Crippen molar-refractivity contribution in [3.63, 3.8) is 0 Å². The third kappa shape index (κ3) is 1.22. The third-order valence-corrected chi connectivity index (χ3v) is 3.26. The average molecular weight is 192 g/mol. The van der Waals surface area contributed by atoms with E-state index in [-0.39, 0.29) is 0 Å². The minimum Gasteiger partial charge on any atom is -0.508 e. The first kappa shape index (κ1) is 9.53. The Kier molecular flexibility index (Phi) is 1.86. The van der Waals surface area contributed by atoms with Crippen molar-refractivity contribution >= 4 is 0 Å². The number of phenolic OH excluding ortho intramolecular Hbond substituents is 1. The van der Waals surface area contributed by atoms with Gasteiger partial charge in [-0.1, -0.05) is 0 Å². The molecule has 0 aromatic heterocycles. The predicted molar refractivity (Wildman–Crippen MR) is 55.4 cm³/mol. The van der Waals surface area contributed by atoms with Crippen LogP contribution in [0, 0.1) is 20.8 Å². The highest BCUT2D eigenvalue weighted by atomic mass is 16.3. The van der Waals surface area contributed by atoms with Gasteiger partial charge in [0, 0.05) is 0 Å².